The van der Waals surface area contributed by atoms with Crippen LogP contribution in [0.2, 0.25) is 0 Å². The molecule has 1 rings (SSSR count). The third kappa shape index (κ3) is 3.22. The van der Waals surface area contributed by atoms with Crippen LogP contribution in [-0.4, -0.2) is 17.7 Å². The van der Waals surface area contributed by atoms with Crippen LogP contribution in [0.3, 0.4) is 0 Å². The predicted octanol–water partition coefficient (Wildman–Crippen LogP) is 2.27. The van der Waals surface area contributed by atoms with Crippen LogP contribution in [0.15, 0.2) is 18.2 Å². The zero-order chi connectivity index (χ0) is 12.1. The summed E-state index contributed by atoms with van der Waals surface area (Å²) in [6.07, 6.45) is 0.399. The molecule has 0 saturated carbocycles. The number of halogens is 1. The van der Waals surface area contributed by atoms with E-state index in [1.54, 1.807) is 19.9 Å². The smallest absolute Gasteiger partial charge is 0.308 e. The summed E-state index contributed by atoms with van der Waals surface area (Å²) >= 11 is 0. The minimum Gasteiger partial charge on any atom is -0.505 e. The minimum absolute atomic E-state index is 0.295. The molecule has 0 amide bonds. The molecule has 0 heterocycles. The molecule has 4 heteroatoms. The van der Waals surface area contributed by atoms with Crippen LogP contribution in [0.4, 0.5) is 4.39 Å². The summed E-state index contributed by atoms with van der Waals surface area (Å²) in [4.78, 5) is 11.3. The lowest BCUT2D eigenvalue weighted by Gasteiger charge is -2.10. The Morgan fingerprint density at radius 3 is 2.81 bits per heavy atom. The zero-order valence-corrected chi connectivity index (χ0v) is 9.37. The average Bonchev–Trinajstić information content (AvgIpc) is 2.24. The first-order valence-corrected chi connectivity index (χ1v) is 5.18. The van der Waals surface area contributed by atoms with E-state index in [1.165, 1.54) is 12.1 Å². The number of hydrogen-bond acceptors (Lipinski definition) is 3. The van der Waals surface area contributed by atoms with Crippen LogP contribution in [-0.2, 0) is 16.0 Å². The zero-order valence-electron chi connectivity index (χ0n) is 9.37. The topological polar surface area (TPSA) is 46.5 Å². The molecule has 0 saturated heterocycles. The van der Waals surface area contributed by atoms with Crippen molar-refractivity contribution in [1.29, 1.82) is 0 Å². The number of esters is 1. The molecule has 0 aromatic heterocycles. The van der Waals surface area contributed by atoms with Gasteiger partial charge in [-0.2, -0.15) is 0 Å². The highest BCUT2D eigenvalue weighted by Gasteiger charge is 2.15. The van der Waals surface area contributed by atoms with Crippen molar-refractivity contribution in [3.05, 3.63) is 29.6 Å². The molecule has 16 heavy (non-hydrogen) atoms. The maximum atomic E-state index is 13.0. The number of phenolic OH excluding ortho intramolecular Hbond substituents is 1. The van der Waals surface area contributed by atoms with Gasteiger partial charge in [0.2, 0.25) is 0 Å². The number of carbonyl (C=O) groups is 1. The summed E-state index contributed by atoms with van der Waals surface area (Å²) in [7, 11) is 0. The average molecular weight is 226 g/mol. The maximum Gasteiger partial charge on any atom is 0.308 e. The lowest BCUT2D eigenvalue weighted by molar-refractivity contribution is -0.147. The molecule has 0 aliphatic carbocycles. The van der Waals surface area contributed by atoms with Gasteiger partial charge in [0.05, 0.1) is 12.5 Å². The molecule has 0 bridgehead atoms. The number of hydrogen-bond donors (Lipinski definition) is 1. The van der Waals surface area contributed by atoms with Gasteiger partial charge in [-0.1, -0.05) is 13.0 Å². The predicted molar refractivity (Wildman–Crippen MR) is 57.6 cm³/mol. The molecule has 0 fully saturated rings. The first-order chi connectivity index (χ1) is 7.54. The minimum atomic E-state index is -0.673. The molecule has 1 aromatic rings. The van der Waals surface area contributed by atoms with E-state index in [0.717, 1.165) is 0 Å². The van der Waals surface area contributed by atoms with E-state index in [-0.39, 0.29) is 17.6 Å². The van der Waals surface area contributed by atoms with Crippen molar-refractivity contribution in [1.82, 2.24) is 0 Å². The largest absolute Gasteiger partial charge is 0.505 e. The molecule has 88 valence electrons. The normalized spacial score (nSPS) is 12.2. The van der Waals surface area contributed by atoms with Crippen LogP contribution in [0.5, 0.6) is 5.75 Å². The van der Waals surface area contributed by atoms with Crippen molar-refractivity contribution in [2.75, 3.05) is 6.61 Å². The molecule has 0 aliphatic rings. The van der Waals surface area contributed by atoms with Crippen LogP contribution in [0.25, 0.3) is 0 Å². The van der Waals surface area contributed by atoms with Gasteiger partial charge in [-0.05, 0) is 31.0 Å². The van der Waals surface area contributed by atoms with Gasteiger partial charge in [0.15, 0.2) is 11.6 Å². The van der Waals surface area contributed by atoms with Gasteiger partial charge in [-0.15, -0.1) is 0 Å². The highest BCUT2D eigenvalue weighted by molar-refractivity contribution is 5.72. The number of rotatable bonds is 4. The van der Waals surface area contributed by atoms with E-state index in [9.17, 15) is 9.18 Å². The Kier molecular flexibility index (Phi) is 4.28. The van der Waals surface area contributed by atoms with Crippen molar-refractivity contribution in [2.24, 2.45) is 5.92 Å². The van der Waals surface area contributed by atoms with Crippen LogP contribution < -0.4 is 0 Å². The quantitative estimate of drug-likeness (QED) is 0.801. The Hall–Kier alpha value is -1.58. The number of carbonyl (C=O) groups excluding carboxylic acids is 1. The molecule has 1 unspecified atom stereocenters. The molecule has 0 aliphatic heterocycles. The Labute approximate surface area is 93.9 Å². The standard InChI is InChI=1S/C12H15FO3/c1-3-16-12(15)8(2)6-9-4-5-11(14)10(13)7-9/h4-5,7-8,14H,3,6H2,1-2H3. The molecule has 1 atom stereocenters. The fourth-order valence-electron chi connectivity index (χ4n) is 1.40. The maximum absolute atomic E-state index is 13.0. The van der Waals surface area contributed by atoms with Gasteiger partial charge in [0.25, 0.3) is 0 Å². The van der Waals surface area contributed by atoms with E-state index in [0.29, 0.717) is 18.6 Å². The molecule has 3 nitrogen and oxygen atoms in total. The van der Waals surface area contributed by atoms with Crippen molar-refractivity contribution >= 4 is 5.97 Å². The molecule has 1 N–H and O–H groups in total. The Balaban J connectivity index is 2.66. The van der Waals surface area contributed by atoms with Crippen molar-refractivity contribution in [3.63, 3.8) is 0 Å². The summed E-state index contributed by atoms with van der Waals surface area (Å²) in [6, 6.07) is 4.10. The van der Waals surface area contributed by atoms with Crippen LogP contribution in [0.1, 0.15) is 19.4 Å². The Bertz CT molecular complexity index is 377. The van der Waals surface area contributed by atoms with Crippen LogP contribution in [0, 0.1) is 11.7 Å². The number of phenols is 1. The van der Waals surface area contributed by atoms with Crippen molar-refractivity contribution in [2.45, 2.75) is 20.3 Å². The second-order valence-electron chi connectivity index (χ2n) is 3.64. The monoisotopic (exact) mass is 226 g/mol. The summed E-state index contributed by atoms with van der Waals surface area (Å²) in [5, 5.41) is 9.00. The Morgan fingerprint density at radius 2 is 2.25 bits per heavy atom. The summed E-state index contributed by atoms with van der Waals surface area (Å²) in [6.45, 7) is 3.81. The third-order valence-corrected chi connectivity index (χ3v) is 2.24. The molecule has 0 spiro atoms. The van der Waals surface area contributed by atoms with E-state index in [2.05, 4.69) is 0 Å². The van der Waals surface area contributed by atoms with E-state index < -0.39 is 5.82 Å². The summed E-state index contributed by atoms with van der Waals surface area (Å²) in [5.74, 6) is -1.67. The van der Waals surface area contributed by atoms with Gasteiger partial charge in [-0.3, -0.25) is 4.79 Å². The second kappa shape index (κ2) is 5.49. The van der Waals surface area contributed by atoms with Gasteiger partial charge in [-0.25, -0.2) is 4.39 Å². The van der Waals surface area contributed by atoms with E-state index >= 15 is 0 Å². The van der Waals surface area contributed by atoms with Gasteiger partial charge in [0, 0.05) is 0 Å². The molecule has 1 aromatic carbocycles. The first kappa shape index (κ1) is 12.5. The van der Waals surface area contributed by atoms with Crippen LogP contribution >= 0.6 is 0 Å². The number of benzene rings is 1. The van der Waals surface area contributed by atoms with E-state index in [4.69, 9.17) is 9.84 Å². The fourth-order valence-corrected chi connectivity index (χ4v) is 1.40. The lowest BCUT2D eigenvalue weighted by Crippen LogP contribution is -2.16. The summed E-state index contributed by atoms with van der Waals surface area (Å²) in [5.41, 5.74) is 0.663. The second-order valence-corrected chi connectivity index (χ2v) is 3.64. The van der Waals surface area contributed by atoms with Crippen molar-refractivity contribution in [3.8, 4) is 5.75 Å². The molecular formula is C12H15FO3. The van der Waals surface area contributed by atoms with Gasteiger partial charge >= 0.3 is 5.97 Å². The van der Waals surface area contributed by atoms with Gasteiger partial charge in [0.1, 0.15) is 0 Å². The SMILES string of the molecule is CCOC(=O)C(C)Cc1ccc(O)c(F)c1. The lowest BCUT2D eigenvalue weighted by atomic mass is 10.0. The number of aromatic hydroxyl groups is 1. The van der Waals surface area contributed by atoms with Crippen molar-refractivity contribution < 1.29 is 19.0 Å². The van der Waals surface area contributed by atoms with E-state index in [1.807, 2.05) is 0 Å². The molecule has 0 radical (unpaired) electrons. The first-order valence-electron chi connectivity index (χ1n) is 5.18. The fraction of sp³-hybridized carbons (Fsp3) is 0.417. The third-order valence-electron chi connectivity index (χ3n) is 2.24. The Morgan fingerprint density at radius 1 is 1.56 bits per heavy atom. The molecular weight excluding hydrogens is 211 g/mol. The van der Waals surface area contributed by atoms with Gasteiger partial charge < -0.3 is 9.84 Å². The number of ether oxygens (including phenoxy) is 1. The highest BCUT2D eigenvalue weighted by Crippen LogP contribution is 2.18. The summed E-state index contributed by atoms with van der Waals surface area (Å²) < 4.78 is 17.9. The highest BCUT2D eigenvalue weighted by atomic mass is 19.1.